The molecular weight excluding hydrogens is 205 g/mol. The summed E-state index contributed by atoms with van der Waals surface area (Å²) in [7, 11) is 2.13. The average molecular weight is 223 g/mol. The van der Waals surface area contributed by atoms with Crippen molar-refractivity contribution in [3.05, 3.63) is 24.3 Å². The summed E-state index contributed by atoms with van der Waals surface area (Å²) in [6, 6.07) is 2.19. The van der Waals surface area contributed by atoms with E-state index in [0.717, 1.165) is 13.1 Å². The zero-order chi connectivity index (χ0) is 11.4. The number of rotatable bonds is 3. The maximum atomic E-state index is 13.3. The van der Waals surface area contributed by atoms with Crippen LogP contribution in [0, 0.1) is 5.82 Å². The zero-order valence-electron chi connectivity index (χ0n) is 9.62. The van der Waals surface area contributed by atoms with Gasteiger partial charge in [0.2, 0.25) is 0 Å². The summed E-state index contributed by atoms with van der Waals surface area (Å²) in [6.45, 7) is 1.95. The Labute approximate surface area is 95.7 Å². The van der Waals surface area contributed by atoms with Crippen molar-refractivity contribution in [2.45, 2.75) is 25.3 Å². The first-order valence-electron chi connectivity index (χ1n) is 5.81. The third kappa shape index (κ3) is 2.70. The fourth-order valence-electron chi connectivity index (χ4n) is 2.15. The van der Waals surface area contributed by atoms with Crippen LogP contribution >= 0.6 is 0 Å². The van der Waals surface area contributed by atoms with Gasteiger partial charge in [-0.25, -0.2) is 4.39 Å². The summed E-state index contributed by atoms with van der Waals surface area (Å²) in [5, 5.41) is 3.16. The molecule has 3 nitrogen and oxygen atoms in total. The van der Waals surface area contributed by atoms with E-state index in [0.29, 0.717) is 11.7 Å². The summed E-state index contributed by atoms with van der Waals surface area (Å²) in [5.41, 5.74) is 0.550. The van der Waals surface area contributed by atoms with Crippen LogP contribution < -0.4 is 5.32 Å². The molecular formula is C12H18FN3. The van der Waals surface area contributed by atoms with Crippen molar-refractivity contribution >= 4 is 5.69 Å². The Bertz CT molecular complexity index is 343. The van der Waals surface area contributed by atoms with Gasteiger partial charge in [0.05, 0.1) is 11.9 Å². The molecule has 0 aliphatic carbocycles. The van der Waals surface area contributed by atoms with Crippen LogP contribution in [0.25, 0.3) is 0 Å². The van der Waals surface area contributed by atoms with Crippen LogP contribution in [-0.4, -0.2) is 36.1 Å². The highest BCUT2D eigenvalue weighted by Crippen LogP contribution is 2.17. The molecule has 0 spiro atoms. The molecule has 16 heavy (non-hydrogen) atoms. The highest BCUT2D eigenvalue weighted by atomic mass is 19.1. The Morgan fingerprint density at radius 3 is 3.19 bits per heavy atom. The molecule has 0 amide bonds. The van der Waals surface area contributed by atoms with Crippen LogP contribution in [0.4, 0.5) is 10.1 Å². The van der Waals surface area contributed by atoms with Crippen LogP contribution in [-0.2, 0) is 0 Å². The van der Waals surface area contributed by atoms with E-state index in [4.69, 9.17) is 0 Å². The fraction of sp³-hybridized carbons (Fsp3) is 0.583. The molecule has 1 unspecified atom stereocenters. The monoisotopic (exact) mass is 223 g/mol. The summed E-state index contributed by atoms with van der Waals surface area (Å²) in [5.74, 6) is -0.277. The van der Waals surface area contributed by atoms with Gasteiger partial charge < -0.3 is 10.2 Å². The Hall–Kier alpha value is -1.16. The van der Waals surface area contributed by atoms with Crippen molar-refractivity contribution in [1.29, 1.82) is 0 Å². The normalized spacial score (nSPS) is 22.0. The van der Waals surface area contributed by atoms with E-state index in [1.807, 2.05) is 0 Å². The first kappa shape index (κ1) is 11.3. The molecule has 2 rings (SSSR count). The lowest BCUT2D eigenvalue weighted by atomic mass is 10.0. The number of pyridine rings is 1. The molecule has 0 aromatic carbocycles. The van der Waals surface area contributed by atoms with Gasteiger partial charge in [-0.3, -0.25) is 4.98 Å². The van der Waals surface area contributed by atoms with E-state index in [9.17, 15) is 4.39 Å². The fourth-order valence-corrected chi connectivity index (χ4v) is 2.15. The Kier molecular flexibility index (Phi) is 3.72. The molecule has 0 saturated carbocycles. The number of halogens is 1. The summed E-state index contributed by atoms with van der Waals surface area (Å²) < 4.78 is 13.3. The van der Waals surface area contributed by atoms with Crippen LogP contribution in [0.1, 0.15) is 19.3 Å². The maximum absolute atomic E-state index is 13.3. The van der Waals surface area contributed by atoms with Gasteiger partial charge in [-0.15, -0.1) is 0 Å². The zero-order valence-corrected chi connectivity index (χ0v) is 9.62. The lowest BCUT2D eigenvalue weighted by Crippen LogP contribution is -2.40. The highest BCUT2D eigenvalue weighted by Gasteiger charge is 2.18. The van der Waals surface area contributed by atoms with Crippen molar-refractivity contribution in [3.63, 3.8) is 0 Å². The van der Waals surface area contributed by atoms with E-state index < -0.39 is 0 Å². The number of nitrogens with one attached hydrogen (secondary N) is 1. The number of hydrogen-bond acceptors (Lipinski definition) is 3. The Balaban J connectivity index is 1.89. The smallest absolute Gasteiger partial charge is 0.164 e. The van der Waals surface area contributed by atoms with Crippen molar-refractivity contribution in [1.82, 2.24) is 9.88 Å². The number of anilines is 1. The maximum Gasteiger partial charge on any atom is 0.164 e. The number of likely N-dealkylation sites (tertiary alicyclic amines) is 1. The van der Waals surface area contributed by atoms with Gasteiger partial charge in [0.15, 0.2) is 5.82 Å². The predicted octanol–water partition coefficient (Wildman–Crippen LogP) is 2.12. The highest BCUT2D eigenvalue weighted by molar-refractivity contribution is 5.42. The molecule has 4 heteroatoms. The SMILES string of the molecule is CN1CCCCC1CNc1ccncc1F. The third-order valence-electron chi connectivity index (χ3n) is 3.22. The van der Waals surface area contributed by atoms with Crippen LogP contribution in [0.5, 0.6) is 0 Å². The van der Waals surface area contributed by atoms with Gasteiger partial charge >= 0.3 is 0 Å². The standard InChI is InChI=1S/C12H18FN3/c1-16-7-3-2-4-10(16)8-15-12-5-6-14-9-11(12)13/h5-6,9-10H,2-4,7-8H2,1H3,(H,14,15). The summed E-state index contributed by atoms with van der Waals surface area (Å²) in [4.78, 5) is 6.07. The molecule has 1 N–H and O–H groups in total. The van der Waals surface area contributed by atoms with Crippen LogP contribution in [0.15, 0.2) is 18.5 Å². The lowest BCUT2D eigenvalue weighted by molar-refractivity contribution is 0.194. The number of nitrogens with zero attached hydrogens (tertiary/aromatic N) is 2. The second kappa shape index (κ2) is 5.25. The van der Waals surface area contributed by atoms with E-state index in [1.54, 1.807) is 12.3 Å². The third-order valence-corrected chi connectivity index (χ3v) is 3.22. The predicted molar refractivity (Wildman–Crippen MR) is 63.0 cm³/mol. The number of hydrogen-bond donors (Lipinski definition) is 1. The first-order chi connectivity index (χ1) is 7.77. The van der Waals surface area contributed by atoms with Crippen molar-refractivity contribution in [2.24, 2.45) is 0 Å². The quantitative estimate of drug-likeness (QED) is 0.850. The minimum atomic E-state index is -0.277. The van der Waals surface area contributed by atoms with Gasteiger partial charge in [0.1, 0.15) is 0 Å². The van der Waals surface area contributed by atoms with Crippen molar-refractivity contribution < 1.29 is 4.39 Å². The lowest BCUT2D eigenvalue weighted by Gasteiger charge is -2.32. The van der Waals surface area contributed by atoms with Crippen molar-refractivity contribution in [2.75, 3.05) is 25.5 Å². The Morgan fingerprint density at radius 1 is 1.56 bits per heavy atom. The van der Waals surface area contributed by atoms with Gasteiger partial charge in [-0.2, -0.15) is 0 Å². The van der Waals surface area contributed by atoms with Gasteiger partial charge in [0, 0.05) is 18.8 Å². The number of piperidine rings is 1. The van der Waals surface area contributed by atoms with E-state index >= 15 is 0 Å². The molecule has 1 fully saturated rings. The number of aromatic nitrogens is 1. The molecule has 1 aromatic heterocycles. The van der Waals surface area contributed by atoms with Crippen LogP contribution in [0.2, 0.25) is 0 Å². The first-order valence-corrected chi connectivity index (χ1v) is 5.81. The van der Waals surface area contributed by atoms with Crippen LogP contribution in [0.3, 0.4) is 0 Å². The topological polar surface area (TPSA) is 28.2 Å². The largest absolute Gasteiger partial charge is 0.381 e. The summed E-state index contributed by atoms with van der Waals surface area (Å²) in [6.07, 6.45) is 6.59. The molecule has 1 aromatic rings. The molecule has 0 bridgehead atoms. The Morgan fingerprint density at radius 2 is 2.44 bits per heavy atom. The number of likely N-dealkylation sites (N-methyl/N-ethyl adjacent to an activating group) is 1. The molecule has 88 valence electrons. The molecule has 1 aliphatic heterocycles. The molecule has 2 heterocycles. The second-order valence-corrected chi connectivity index (χ2v) is 4.37. The van der Waals surface area contributed by atoms with Gasteiger partial charge in [-0.05, 0) is 32.5 Å². The average Bonchev–Trinajstić information content (AvgIpc) is 2.30. The molecule has 0 radical (unpaired) electrons. The van der Waals surface area contributed by atoms with E-state index in [-0.39, 0.29) is 5.82 Å². The minimum absolute atomic E-state index is 0.277. The van der Waals surface area contributed by atoms with E-state index in [1.165, 1.54) is 25.5 Å². The second-order valence-electron chi connectivity index (χ2n) is 4.37. The molecule has 1 saturated heterocycles. The minimum Gasteiger partial charge on any atom is -0.381 e. The molecule has 1 atom stereocenters. The molecule has 1 aliphatic rings. The van der Waals surface area contributed by atoms with E-state index in [2.05, 4.69) is 22.2 Å². The van der Waals surface area contributed by atoms with Crippen molar-refractivity contribution in [3.8, 4) is 0 Å². The summed E-state index contributed by atoms with van der Waals surface area (Å²) >= 11 is 0. The van der Waals surface area contributed by atoms with Gasteiger partial charge in [0.25, 0.3) is 0 Å². The van der Waals surface area contributed by atoms with Gasteiger partial charge in [-0.1, -0.05) is 6.42 Å².